The minimum atomic E-state index is 0.188. The van der Waals surface area contributed by atoms with Crippen molar-refractivity contribution in [3.05, 3.63) is 41.9 Å². The molecule has 0 saturated carbocycles. The zero-order valence-corrected chi connectivity index (χ0v) is 13.4. The lowest BCUT2D eigenvalue weighted by atomic mass is 9.86. The molecule has 0 fully saturated rings. The summed E-state index contributed by atoms with van der Waals surface area (Å²) < 4.78 is 2.25. The number of imidazole rings is 1. The molecule has 1 aliphatic rings. The molecule has 2 atom stereocenters. The van der Waals surface area contributed by atoms with Crippen molar-refractivity contribution in [3.8, 4) is 11.3 Å². The summed E-state index contributed by atoms with van der Waals surface area (Å²) in [5.74, 6) is 1.17. The maximum absolute atomic E-state index is 6.16. The molecule has 2 N–H and O–H groups in total. The Balaban J connectivity index is 1.93. The topological polar surface area (TPSA) is 43.8 Å². The second-order valence-electron chi connectivity index (χ2n) is 7.22. The number of aryl methyl sites for hydroxylation is 1. The third-order valence-corrected chi connectivity index (χ3v) is 4.62. The van der Waals surface area contributed by atoms with E-state index in [2.05, 4.69) is 62.7 Å². The van der Waals surface area contributed by atoms with E-state index >= 15 is 0 Å². The van der Waals surface area contributed by atoms with Crippen LogP contribution in [0.1, 0.15) is 51.5 Å². The first-order chi connectivity index (χ1) is 9.86. The van der Waals surface area contributed by atoms with Gasteiger partial charge < -0.3 is 10.3 Å². The van der Waals surface area contributed by atoms with Crippen LogP contribution in [0.2, 0.25) is 0 Å². The number of benzene rings is 1. The Kier molecular flexibility index (Phi) is 3.40. The van der Waals surface area contributed by atoms with E-state index in [9.17, 15) is 0 Å². The minimum Gasteiger partial charge on any atom is -0.330 e. The van der Waals surface area contributed by atoms with Crippen LogP contribution in [0.4, 0.5) is 0 Å². The van der Waals surface area contributed by atoms with Gasteiger partial charge in [0.2, 0.25) is 0 Å². The summed E-state index contributed by atoms with van der Waals surface area (Å²) in [6.07, 6.45) is 4.16. The summed E-state index contributed by atoms with van der Waals surface area (Å²) >= 11 is 0. The molecule has 0 spiro atoms. The van der Waals surface area contributed by atoms with E-state index < -0.39 is 0 Å². The highest BCUT2D eigenvalue weighted by atomic mass is 15.1. The molecule has 0 bridgehead atoms. The monoisotopic (exact) mass is 283 g/mol. The number of nitrogens with two attached hydrogens (primary N) is 1. The first-order valence-electron chi connectivity index (χ1n) is 7.80. The van der Waals surface area contributed by atoms with Crippen LogP contribution in [0, 0.1) is 0 Å². The summed E-state index contributed by atoms with van der Waals surface area (Å²) in [5, 5.41) is 0. The number of nitrogens with zero attached hydrogens (tertiary/aromatic N) is 2. The average Bonchev–Trinajstić information content (AvgIpc) is 2.87. The molecule has 0 amide bonds. The molecule has 1 aromatic carbocycles. The van der Waals surface area contributed by atoms with Gasteiger partial charge in [0.1, 0.15) is 5.82 Å². The first kappa shape index (κ1) is 14.3. The van der Waals surface area contributed by atoms with Crippen LogP contribution in [0.5, 0.6) is 0 Å². The molecule has 0 radical (unpaired) electrons. The van der Waals surface area contributed by atoms with Crippen molar-refractivity contribution in [1.82, 2.24) is 9.55 Å². The third kappa shape index (κ3) is 2.62. The lowest BCUT2D eigenvalue weighted by Gasteiger charge is -2.27. The van der Waals surface area contributed by atoms with E-state index in [4.69, 9.17) is 10.7 Å². The SMILES string of the molecule is CC1C(N)CCc2nc(-c3ccc(C(C)(C)C)cc3)cn21. The van der Waals surface area contributed by atoms with Crippen LogP contribution in [-0.2, 0) is 11.8 Å². The number of hydrogen-bond donors (Lipinski definition) is 1. The zero-order chi connectivity index (χ0) is 15.2. The Morgan fingerprint density at radius 2 is 1.86 bits per heavy atom. The number of hydrogen-bond acceptors (Lipinski definition) is 2. The van der Waals surface area contributed by atoms with Gasteiger partial charge in [-0.05, 0) is 24.3 Å². The van der Waals surface area contributed by atoms with Crippen LogP contribution in [0.3, 0.4) is 0 Å². The minimum absolute atomic E-state index is 0.188. The molecular formula is C18H25N3. The molecule has 112 valence electrons. The van der Waals surface area contributed by atoms with Gasteiger partial charge in [-0.25, -0.2) is 4.98 Å². The molecule has 1 aromatic heterocycles. The van der Waals surface area contributed by atoms with Gasteiger partial charge in [-0.2, -0.15) is 0 Å². The second kappa shape index (κ2) is 4.99. The van der Waals surface area contributed by atoms with Crippen LogP contribution < -0.4 is 5.73 Å². The van der Waals surface area contributed by atoms with E-state index in [-0.39, 0.29) is 11.5 Å². The Morgan fingerprint density at radius 1 is 1.19 bits per heavy atom. The summed E-state index contributed by atoms with van der Waals surface area (Å²) in [5.41, 5.74) is 9.95. The smallest absolute Gasteiger partial charge is 0.109 e. The van der Waals surface area contributed by atoms with Gasteiger partial charge in [0.15, 0.2) is 0 Å². The van der Waals surface area contributed by atoms with Crippen LogP contribution in [0.15, 0.2) is 30.5 Å². The van der Waals surface area contributed by atoms with Crippen molar-refractivity contribution in [2.75, 3.05) is 0 Å². The van der Waals surface area contributed by atoms with E-state index in [0.29, 0.717) is 6.04 Å². The van der Waals surface area contributed by atoms with Crippen molar-refractivity contribution in [3.63, 3.8) is 0 Å². The van der Waals surface area contributed by atoms with Crippen molar-refractivity contribution < 1.29 is 0 Å². The Hall–Kier alpha value is -1.61. The normalized spacial score (nSPS) is 22.1. The first-order valence-corrected chi connectivity index (χ1v) is 7.80. The fourth-order valence-corrected chi connectivity index (χ4v) is 2.99. The van der Waals surface area contributed by atoms with Gasteiger partial charge in [0, 0.05) is 30.3 Å². The summed E-state index contributed by atoms with van der Waals surface area (Å²) in [6.45, 7) is 8.89. The van der Waals surface area contributed by atoms with Gasteiger partial charge in [-0.1, -0.05) is 45.0 Å². The summed E-state index contributed by atoms with van der Waals surface area (Å²) in [7, 11) is 0. The largest absolute Gasteiger partial charge is 0.330 e. The predicted molar refractivity (Wildman–Crippen MR) is 87.4 cm³/mol. The molecule has 0 saturated heterocycles. The Morgan fingerprint density at radius 3 is 2.48 bits per heavy atom. The zero-order valence-electron chi connectivity index (χ0n) is 13.4. The molecule has 3 nitrogen and oxygen atoms in total. The van der Waals surface area contributed by atoms with E-state index in [0.717, 1.165) is 18.5 Å². The third-order valence-electron chi connectivity index (χ3n) is 4.62. The maximum Gasteiger partial charge on any atom is 0.109 e. The summed E-state index contributed by atoms with van der Waals surface area (Å²) in [4.78, 5) is 4.81. The van der Waals surface area contributed by atoms with E-state index in [1.807, 2.05) is 0 Å². The van der Waals surface area contributed by atoms with Crippen molar-refractivity contribution in [2.45, 2.75) is 58.0 Å². The molecule has 21 heavy (non-hydrogen) atoms. The van der Waals surface area contributed by atoms with Crippen LogP contribution in [0.25, 0.3) is 11.3 Å². The van der Waals surface area contributed by atoms with Gasteiger partial charge in [-0.3, -0.25) is 0 Å². The van der Waals surface area contributed by atoms with Gasteiger partial charge in [0.25, 0.3) is 0 Å². The summed E-state index contributed by atoms with van der Waals surface area (Å²) in [6, 6.07) is 9.36. The lowest BCUT2D eigenvalue weighted by Crippen LogP contribution is -2.35. The second-order valence-corrected chi connectivity index (χ2v) is 7.22. The number of fused-ring (bicyclic) bond motifs is 1. The molecule has 1 aliphatic heterocycles. The highest BCUT2D eigenvalue weighted by Gasteiger charge is 2.24. The fourth-order valence-electron chi connectivity index (χ4n) is 2.99. The number of rotatable bonds is 1. The van der Waals surface area contributed by atoms with E-state index in [1.165, 1.54) is 17.0 Å². The molecule has 3 heteroatoms. The molecule has 2 heterocycles. The highest BCUT2D eigenvalue weighted by Crippen LogP contribution is 2.29. The highest BCUT2D eigenvalue weighted by molar-refractivity contribution is 5.59. The lowest BCUT2D eigenvalue weighted by molar-refractivity contribution is 0.368. The van der Waals surface area contributed by atoms with Gasteiger partial charge in [0.05, 0.1) is 5.69 Å². The average molecular weight is 283 g/mol. The molecule has 2 aromatic rings. The van der Waals surface area contributed by atoms with Crippen molar-refractivity contribution in [1.29, 1.82) is 0 Å². The van der Waals surface area contributed by atoms with Crippen molar-refractivity contribution >= 4 is 0 Å². The van der Waals surface area contributed by atoms with E-state index in [1.54, 1.807) is 0 Å². The number of aromatic nitrogens is 2. The molecule has 3 rings (SSSR count). The fraction of sp³-hybridized carbons (Fsp3) is 0.500. The quantitative estimate of drug-likeness (QED) is 0.867. The van der Waals surface area contributed by atoms with Crippen LogP contribution >= 0.6 is 0 Å². The van der Waals surface area contributed by atoms with Gasteiger partial charge >= 0.3 is 0 Å². The predicted octanol–water partition coefficient (Wildman–Crippen LogP) is 3.68. The van der Waals surface area contributed by atoms with Crippen molar-refractivity contribution in [2.24, 2.45) is 5.73 Å². The standard InChI is InChI=1S/C18H25N3/c1-12-15(19)9-10-17-20-16(11-21(12)17)13-5-7-14(8-6-13)18(2,3)4/h5-8,11-12,15H,9-10,19H2,1-4H3. The van der Waals surface area contributed by atoms with Gasteiger partial charge in [-0.15, -0.1) is 0 Å². The molecular weight excluding hydrogens is 258 g/mol. The molecule has 2 unspecified atom stereocenters. The maximum atomic E-state index is 6.16. The Labute approximate surface area is 127 Å². The van der Waals surface area contributed by atoms with Crippen LogP contribution in [-0.4, -0.2) is 15.6 Å². The Bertz CT molecular complexity index is 631. The molecule has 0 aliphatic carbocycles.